The van der Waals surface area contributed by atoms with Gasteiger partial charge in [-0.3, -0.25) is 14.4 Å². The zero-order valence-corrected chi connectivity index (χ0v) is 18.7. The van der Waals surface area contributed by atoms with Gasteiger partial charge in [-0.2, -0.15) is 0 Å². The third-order valence-corrected chi connectivity index (χ3v) is 5.96. The summed E-state index contributed by atoms with van der Waals surface area (Å²) >= 11 is 0. The number of likely N-dealkylation sites (tertiary alicyclic amines) is 1. The van der Waals surface area contributed by atoms with Crippen molar-refractivity contribution >= 4 is 17.7 Å². The number of aliphatic carboxylic acids is 1. The Hall–Kier alpha value is -3.25. The van der Waals surface area contributed by atoms with Gasteiger partial charge in [0, 0.05) is 30.5 Å². The van der Waals surface area contributed by atoms with Crippen LogP contribution in [0.5, 0.6) is 0 Å². The molecule has 2 aromatic carbocycles. The number of carboxylic acid groups (broad SMARTS) is 1. The lowest BCUT2D eigenvalue weighted by molar-refractivity contribution is -0.137. The van der Waals surface area contributed by atoms with Crippen LogP contribution in [0.25, 0.3) is 0 Å². The molecule has 0 spiro atoms. The molecule has 2 N–H and O–H groups in total. The molecule has 0 radical (unpaired) electrons. The van der Waals surface area contributed by atoms with Gasteiger partial charge < -0.3 is 15.1 Å². The minimum atomic E-state index is -0.873. The second-order valence-electron chi connectivity index (χ2n) is 8.40. The van der Waals surface area contributed by atoms with Crippen LogP contribution < -0.4 is 0 Å². The first-order valence-corrected chi connectivity index (χ1v) is 11.5. The van der Waals surface area contributed by atoms with Gasteiger partial charge in [-0.05, 0) is 30.9 Å². The van der Waals surface area contributed by atoms with Crippen LogP contribution >= 0.6 is 0 Å². The molecule has 1 amide bonds. The van der Waals surface area contributed by atoms with E-state index >= 15 is 0 Å². The van der Waals surface area contributed by atoms with Gasteiger partial charge in [-0.25, -0.2) is 0 Å². The second kappa shape index (κ2) is 12.1. The summed E-state index contributed by atoms with van der Waals surface area (Å²) in [7, 11) is 0. The van der Waals surface area contributed by atoms with Crippen molar-refractivity contribution in [2.75, 3.05) is 6.54 Å². The monoisotopic (exact) mass is 449 g/mol. The quantitative estimate of drug-likeness (QED) is 0.282. The fourth-order valence-corrected chi connectivity index (χ4v) is 4.12. The molecule has 2 aromatic rings. The summed E-state index contributed by atoms with van der Waals surface area (Å²) in [6, 6.07) is 16.0. The Bertz CT molecular complexity index is 985. The maximum atomic E-state index is 12.7. The summed E-state index contributed by atoms with van der Waals surface area (Å²) in [6.45, 7) is 0.637. The smallest absolute Gasteiger partial charge is 0.303 e. The topological polar surface area (TPSA) is 94.9 Å². The Kier molecular flexibility index (Phi) is 8.95. The zero-order valence-electron chi connectivity index (χ0n) is 18.7. The number of hydrogen-bond donors (Lipinski definition) is 2. The molecule has 1 aliphatic rings. The van der Waals surface area contributed by atoms with Gasteiger partial charge in [0.1, 0.15) is 0 Å². The van der Waals surface area contributed by atoms with Crippen molar-refractivity contribution in [3.05, 3.63) is 83.4 Å². The van der Waals surface area contributed by atoms with E-state index in [1.54, 1.807) is 42.5 Å². The lowest BCUT2D eigenvalue weighted by Crippen LogP contribution is -2.32. The van der Waals surface area contributed by atoms with E-state index in [4.69, 9.17) is 5.11 Å². The van der Waals surface area contributed by atoms with Gasteiger partial charge in [0.15, 0.2) is 5.78 Å². The van der Waals surface area contributed by atoms with Crippen LogP contribution in [0.4, 0.5) is 0 Å². The van der Waals surface area contributed by atoms with Crippen LogP contribution in [0.2, 0.25) is 0 Å². The molecule has 1 saturated heterocycles. The summed E-state index contributed by atoms with van der Waals surface area (Å²) in [5.41, 5.74) is 1.75. The van der Waals surface area contributed by atoms with E-state index in [-0.39, 0.29) is 24.2 Å². The zero-order chi connectivity index (χ0) is 23.6. The molecule has 0 aliphatic carbocycles. The van der Waals surface area contributed by atoms with Crippen LogP contribution in [0, 0.1) is 0 Å². The third kappa shape index (κ3) is 7.12. The van der Waals surface area contributed by atoms with E-state index in [1.165, 1.54) is 0 Å². The van der Waals surface area contributed by atoms with E-state index in [1.807, 2.05) is 29.2 Å². The number of unbranched alkanes of at least 4 members (excludes halogenated alkanes) is 3. The molecule has 1 heterocycles. The maximum Gasteiger partial charge on any atom is 0.303 e. The molecule has 0 saturated carbocycles. The Labute approximate surface area is 194 Å². The summed E-state index contributed by atoms with van der Waals surface area (Å²) in [5.74, 6) is -0.756. The average Bonchev–Trinajstić information content (AvgIpc) is 3.18. The predicted molar refractivity (Wildman–Crippen MR) is 126 cm³/mol. The fourth-order valence-electron chi connectivity index (χ4n) is 4.12. The molecule has 1 aliphatic heterocycles. The first-order valence-electron chi connectivity index (χ1n) is 11.5. The standard InChI is InChI=1S/C27H31NO5/c29-24(21-11-8-12-22(19-21)27(33)20-9-4-3-5-10-20)16-14-23-15-17-25(30)28(23)18-7-2-1-6-13-26(31)32/h3-5,8-12,14,16,19,23-24,29H,1-2,6-7,13,15,17-18H2,(H,31,32)/t23-,24?/m0/s1. The van der Waals surface area contributed by atoms with Crippen molar-refractivity contribution in [2.24, 2.45) is 0 Å². The van der Waals surface area contributed by atoms with Crippen molar-refractivity contribution in [1.82, 2.24) is 4.90 Å². The highest BCUT2D eigenvalue weighted by Gasteiger charge is 2.28. The molecule has 3 rings (SSSR count). The van der Waals surface area contributed by atoms with Crippen LogP contribution in [0.15, 0.2) is 66.7 Å². The fraction of sp³-hybridized carbons (Fsp3) is 0.370. The van der Waals surface area contributed by atoms with E-state index in [0.717, 1.165) is 19.3 Å². The van der Waals surface area contributed by atoms with Crippen molar-refractivity contribution < 1.29 is 24.6 Å². The van der Waals surface area contributed by atoms with Gasteiger partial charge in [-0.1, -0.05) is 73.5 Å². The van der Waals surface area contributed by atoms with Gasteiger partial charge in [0.05, 0.1) is 12.1 Å². The number of aliphatic hydroxyl groups excluding tert-OH is 1. The highest BCUT2D eigenvalue weighted by atomic mass is 16.4. The molecule has 2 atom stereocenters. The third-order valence-electron chi connectivity index (χ3n) is 5.96. The largest absolute Gasteiger partial charge is 0.481 e. The highest BCUT2D eigenvalue weighted by Crippen LogP contribution is 2.23. The highest BCUT2D eigenvalue weighted by molar-refractivity contribution is 6.09. The number of carboxylic acids is 1. The maximum absolute atomic E-state index is 12.7. The molecular weight excluding hydrogens is 418 g/mol. The van der Waals surface area contributed by atoms with E-state index in [9.17, 15) is 19.5 Å². The predicted octanol–water partition coefficient (Wildman–Crippen LogP) is 4.53. The van der Waals surface area contributed by atoms with E-state index in [0.29, 0.717) is 42.5 Å². The summed E-state index contributed by atoms with van der Waals surface area (Å²) in [5, 5.41) is 19.4. The van der Waals surface area contributed by atoms with Crippen molar-refractivity contribution in [3.8, 4) is 0 Å². The number of benzene rings is 2. The van der Waals surface area contributed by atoms with Crippen LogP contribution in [-0.4, -0.2) is 45.4 Å². The lowest BCUT2D eigenvalue weighted by atomic mass is 9.99. The minimum Gasteiger partial charge on any atom is -0.481 e. The number of nitrogens with zero attached hydrogens (tertiary/aromatic N) is 1. The molecule has 1 unspecified atom stereocenters. The normalized spacial score (nSPS) is 16.9. The molecule has 6 nitrogen and oxygen atoms in total. The van der Waals surface area contributed by atoms with Crippen LogP contribution in [0.3, 0.4) is 0 Å². The van der Waals surface area contributed by atoms with E-state index in [2.05, 4.69) is 0 Å². The summed E-state index contributed by atoms with van der Waals surface area (Å²) in [4.78, 5) is 37.4. The Morgan fingerprint density at radius 1 is 1.00 bits per heavy atom. The number of ketones is 1. The Morgan fingerprint density at radius 2 is 1.73 bits per heavy atom. The average molecular weight is 450 g/mol. The first kappa shape index (κ1) is 24.4. The first-order chi connectivity index (χ1) is 16.0. The Morgan fingerprint density at radius 3 is 2.48 bits per heavy atom. The van der Waals surface area contributed by atoms with Gasteiger partial charge in [0.2, 0.25) is 5.91 Å². The molecule has 33 heavy (non-hydrogen) atoms. The van der Waals surface area contributed by atoms with Crippen molar-refractivity contribution in [3.63, 3.8) is 0 Å². The number of carbonyl (C=O) groups excluding carboxylic acids is 2. The molecule has 174 valence electrons. The lowest BCUT2D eigenvalue weighted by Gasteiger charge is -2.22. The number of amides is 1. The van der Waals surface area contributed by atoms with Gasteiger partial charge in [-0.15, -0.1) is 0 Å². The minimum absolute atomic E-state index is 0.0553. The number of hydrogen-bond acceptors (Lipinski definition) is 4. The van der Waals surface area contributed by atoms with Gasteiger partial charge >= 0.3 is 5.97 Å². The molecule has 1 fully saturated rings. The number of carbonyl (C=O) groups is 3. The Balaban J connectivity index is 1.56. The molecule has 6 heteroatoms. The van der Waals surface area contributed by atoms with Crippen LogP contribution in [-0.2, 0) is 9.59 Å². The van der Waals surface area contributed by atoms with Crippen LogP contribution in [0.1, 0.15) is 72.5 Å². The number of aliphatic hydroxyl groups is 1. The molecule has 0 aromatic heterocycles. The van der Waals surface area contributed by atoms with Crippen molar-refractivity contribution in [2.45, 2.75) is 57.1 Å². The second-order valence-corrected chi connectivity index (χ2v) is 8.40. The SMILES string of the molecule is O=C(O)CCCCCCN1C(=O)CC[C@@H]1C=CC(O)c1cccc(C(=O)c2ccccc2)c1. The summed E-state index contributed by atoms with van der Waals surface area (Å²) < 4.78 is 0. The van der Waals surface area contributed by atoms with E-state index < -0.39 is 12.1 Å². The molecule has 0 bridgehead atoms. The number of rotatable bonds is 12. The summed E-state index contributed by atoms with van der Waals surface area (Å²) in [6.07, 6.45) is 7.31. The van der Waals surface area contributed by atoms with Gasteiger partial charge in [0.25, 0.3) is 0 Å². The molecular formula is C27H31NO5. The van der Waals surface area contributed by atoms with Crippen molar-refractivity contribution in [1.29, 1.82) is 0 Å².